The van der Waals surface area contributed by atoms with Gasteiger partial charge < -0.3 is 14.8 Å². The first-order valence-corrected chi connectivity index (χ1v) is 8.37. The Morgan fingerprint density at radius 2 is 1.85 bits per heavy atom. The van der Waals surface area contributed by atoms with Gasteiger partial charge in [-0.1, -0.05) is 26.0 Å². The largest absolute Gasteiger partial charge is 0.479 e. The van der Waals surface area contributed by atoms with Gasteiger partial charge in [-0.3, -0.25) is 4.79 Å². The molecule has 1 aromatic carbocycles. The molecule has 1 N–H and O–H groups in total. The van der Waals surface area contributed by atoms with Crippen LogP contribution in [0.5, 0.6) is 5.75 Å². The van der Waals surface area contributed by atoms with Gasteiger partial charge in [-0.2, -0.15) is 13.2 Å². The lowest BCUT2D eigenvalue weighted by Crippen LogP contribution is -2.37. The third-order valence-electron chi connectivity index (χ3n) is 3.62. The van der Waals surface area contributed by atoms with E-state index in [0.29, 0.717) is 11.3 Å². The average molecular weight is 375 g/mol. The zero-order valence-electron chi connectivity index (χ0n) is 15.3. The number of carbonyl (C=O) groups excluding carboxylic acids is 2. The summed E-state index contributed by atoms with van der Waals surface area (Å²) in [7, 11) is 0. The molecule has 0 saturated carbocycles. The Bertz CT molecular complexity index is 629. The smallest absolute Gasteiger partial charge is 0.471 e. The van der Waals surface area contributed by atoms with Gasteiger partial charge in [0.05, 0.1) is 6.61 Å². The molecule has 8 heteroatoms. The molecule has 1 amide bonds. The molecule has 0 aromatic heterocycles. The minimum absolute atomic E-state index is 0.130. The number of hydrogen-bond acceptors (Lipinski definition) is 4. The Balaban J connectivity index is 2.89. The highest BCUT2D eigenvalue weighted by Gasteiger charge is 2.38. The van der Waals surface area contributed by atoms with E-state index >= 15 is 0 Å². The summed E-state index contributed by atoms with van der Waals surface area (Å²) in [4.78, 5) is 22.7. The number of benzene rings is 1. The second kappa shape index (κ2) is 9.45. The van der Waals surface area contributed by atoms with Crippen LogP contribution in [-0.4, -0.2) is 37.3 Å². The Morgan fingerprint density at radius 1 is 1.19 bits per heavy atom. The normalized spacial score (nSPS) is 12.6. The monoisotopic (exact) mass is 375 g/mol. The van der Waals surface area contributed by atoms with Crippen LogP contribution in [0, 0.1) is 0 Å². The van der Waals surface area contributed by atoms with Crippen LogP contribution in [0.3, 0.4) is 0 Å². The molecule has 1 aromatic rings. The third kappa shape index (κ3) is 6.57. The number of carbonyl (C=O) groups is 2. The predicted molar refractivity (Wildman–Crippen MR) is 90.0 cm³/mol. The average Bonchev–Trinajstić information content (AvgIpc) is 2.55. The lowest BCUT2D eigenvalue weighted by Gasteiger charge is -2.18. The highest BCUT2D eigenvalue weighted by molar-refractivity contribution is 5.81. The first kappa shape index (κ1) is 21.8. The van der Waals surface area contributed by atoms with Crippen molar-refractivity contribution < 1.29 is 32.2 Å². The number of esters is 1. The second-order valence-electron chi connectivity index (χ2n) is 6.04. The Hall–Kier alpha value is -2.25. The summed E-state index contributed by atoms with van der Waals surface area (Å²) in [6.45, 7) is 7.20. The molecule has 146 valence electrons. The molecule has 0 aliphatic heterocycles. The Morgan fingerprint density at radius 3 is 2.38 bits per heavy atom. The van der Waals surface area contributed by atoms with Gasteiger partial charge in [0.1, 0.15) is 5.75 Å². The van der Waals surface area contributed by atoms with E-state index in [-0.39, 0.29) is 25.5 Å². The third-order valence-corrected chi connectivity index (χ3v) is 3.62. The van der Waals surface area contributed by atoms with E-state index in [0.717, 1.165) is 5.56 Å². The molecule has 0 spiro atoms. The van der Waals surface area contributed by atoms with Crippen LogP contribution >= 0.6 is 0 Å². The molecule has 0 bridgehead atoms. The standard InChI is InChI=1S/C18H24F3NO4/c1-5-25-16(23)12(4)26-15-10-14(11(2)3)7-6-13(15)8-9-22-17(24)18(19,20)21/h6-7,10-12H,5,8-9H2,1-4H3,(H,22,24). The fourth-order valence-corrected chi connectivity index (χ4v) is 2.16. The molecular formula is C18H24F3NO4. The van der Waals surface area contributed by atoms with Crippen molar-refractivity contribution in [2.75, 3.05) is 13.2 Å². The number of rotatable bonds is 8. The Kier molecular flexibility index (Phi) is 7.92. The summed E-state index contributed by atoms with van der Waals surface area (Å²) in [5.74, 6) is -1.93. The molecule has 26 heavy (non-hydrogen) atoms. The highest BCUT2D eigenvalue weighted by atomic mass is 19.4. The van der Waals surface area contributed by atoms with Gasteiger partial charge in [0.2, 0.25) is 0 Å². The van der Waals surface area contributed by atoms with E-state index in [1.807, 2.05) is 25.2 Å². The van der Waals surface area contributed by atoms with Crippen LogP contribution < -0.4 is 10.1 Å². The maximum atomic E-state index is 12.2. The van der Waals surface area contributed by atoms with E-state index in [1.54, 1.807) is 19.1 Å². The summed E-state index contributed by atoms with van der Waals surface area (Å²) in [5.41, 5.74) is 1.55. The summed E-state index contributed by atoms with van der Waals surface area (Å²) in [5, 5.41) is 1.82. The van der Waals surface area contributed by atoms with Crippen molar-refractivity contribution in [2.24, 2.45) is 0 Å². The van der Waals surface area contributed by atoms with Crippen LogP contribution in [0.15, 0.2) is 18.2 Å². The topological polar surface area (TPSA) is 64.6 Å². The molecule has 0 aliphatic rings. The Labute approximate surface area is 150 Å². The van der Waals surface area contributed by atoms with Gasteiger partial charge >= 0.3 is 18.1 Å². The van der Waals surface area contributed by atoms with Gasteiger partial charge in [-0.15, -0.1) is 0 Å². The number of halogens is 3. The molecule has 0 heterocycles. The van der Waals surface area contributed by atoms with Gasteiger partial charge in [0.15, 0.2) is 6.10 Å². The minimum atomic E-state index is -4.92. The lowest BCUT2D eigenvalue weighted by atomic mass is 9.99. The van der Waals surface area contributed by atoms with Crippen molar-refractivity contribution in [3.05, 3.63) is 29.3 Å². The van der Waals surface area contributed by atoms with Crippen LogP contribution in [0.1, 0.15) is 44.7 Å². The van der Waals surface area contributed by atoms with Crippen molar-refractivity contribution in [2.45, 2.75) is 52.3 Å². The molecule has 5 nitrogen and oxygen atoms in total. The molecular weight excluding hydrogens is 351 g/mol. The minimum Gasteiger partial charge on any atom is -0.479 e. The predicted octanol–water partition coefficient (Wildman–Crippen LogP) is 3.36. The van der Waals surface area contributed by atoms with E-state index in [4.69, 9.17) is 9.47 Å². The van der Waals surface area contributed by atoms with Crippen molar-refractivity contribution in [3.63, 3.8) is 0 Å². The molecule has 0 fully saturated rings. The van der Waals surface area contributed by atoms with Crippen molar-refractivity contribution in [1.29, 1.82) is 0 Å². The molecule has 1 unspecified atom stereocenters. The number of ether oxygens (including phenoxy) is 2. The van der Waals surface area contributed by atoms with Gasteiger partial charge in [-0.05, 0) is 43.4 Å². The first-order chi connectivity index (χ1) is 12.1. The van der Waals surface area contributed by atoms with Crippen molar-refractivity contribution >= 4 is 11.9 Å². The van der Waals surface area contributed by atoms with Gasteiger partial charge in [-0.25, -0.2) is 4.79 Å². The summed E-state index contributed by atoms with van der Waals surface area (Å²) in [6, 6.07) is 5.32. The fourth-order valence-electron chi connectivity index (χ4n) is 2.16. The highest BCUT2D eigenvalue weighted by Crippen LogP contribution is 2.26. The number of alkyl halides is 3. The van der Waals surface area contributed by atoms with Crippen molar-refractivity contribution in [1.82, 2.24) is 5.32 Å². The first-order valence-electron chi connectivity index (χ1n) is 8.37. The lowest BCUT2D eigenvalue weighted by molar-refractivity contribution is -0.173. The fraction of sp³-hybridized carbons (Fsp3) is 0.556. The van der Waals surface area contributed by atoms with Crippen LogP contribution in [-0.2, 0) is 20.7 Å². The van der Waals surface area contributed by atoms with Gasteiger partial charge in [0, 0.05) is 6.54 Å². The van der Waals surface area contributed by atoms with Gasteiger partial charge in [0.25, 0.3) is 0 Å². The summed E-state index contributed by atoms with van der Waals surface area (Å²) >= 11 is 0. The van der Waals surface area contributed by atoms with E-state index in [1.165, 1.54) is 6.92 Å². The van der Waals surface area contributed by atoms with E-state index < -0.39 is 24.2 Å². The number of hydrogen-bond donors (Lipinski definition) is 1. The maximum Gasteiger partial charge on any atom is 0.471 e. The summed E-state index contributed by atoms with van der Waals surface area (Å²) in [6.07, 6.45) is -5.65. The van der Waals surface area contributed by atoms with E-state index in [9.17, 15) is 22.8 Å². The molecule has 0 saturated heterocycles. The van der Waals surface area contributed by atoms with Crippen molar-refractivity contribution in [3.8, 4) is 5.75 Å². The zero-order valence-corrected chi connectivity index (χ0v) is 15.3. The number of amides is 1. The second-order valence-corrected chi connectivity index (χ2v) is 6.04. The summed E-state index contributed by atoms with van der Waals surface area (Å²) < 4.78 is 47.3. The molecule has 0 radical (unpaired) electrons. The van der Waals surface area contributed by atoms with E-state index in [2.05, 4.69) is 0 Å². The molecule has 1 atom stereocenters. The SMILES string of the molecule is CCOC(=O)C(C)Oc1cc(C(C)C)ccc1CCNC(=O)C(F)(F)F. The molecule has 0 aliphatic carbocycles. The molecule has 1 rings (SSSR count). The van der Waals surface area contributed by atoms with Crippen LogP contribution in [0.25, 0.3) is 0 Å². The quantitative estimate of drug-likeness (QED) is 0.708. The maximum absolute atomic E-state index is 12.2. The zero-order chi connectivity index (χ0) is 19.9. The van der Waals surface area contributed by atoms with Crippen LogP contribution in [0.4, 0.5) is 13.2 Å². The van der Waals surface area contributed by atoms with Crippen LogP contribution in [0.2, 0.25) is 0 Å². The number of nitrogens with one attached hydrogen (secondary N) is 1.